The molecular formula is C18H23NO5. The van der Waals surface area contributed by atoms with Crippen molar-refractivity contribution in [2.45, 2.75) is 44.6 Å². The van der Waals surface area contributed by atoms with Gasteiger partial charge in [0.1, 0.15) is 5.60 Å². The molecule has 6 heteroatoms. The number of esters is 1. The molecule has 2 aliphatic rings. The fourth-order valence-electron chi connectivity index (χ4n) is 3.27. The molecule has 6 nitrogen and oxygen atoms in total. The molecule has 1 spiro atoms. The molecule has 1 saturated carbocycles. The molecule has 24 heavy (non-hydrogen) atoms. The van der Waals surface area contributed by atoms with E-state index in [1.165, 1.54) is 12.8 Å². The third-order valence-corrected chi connectivity index (χ3v) is 4.50. The van der Waals surface area contributed by atoms with Crippen molar-refractivity contribution >= 4 is 11.7 Å². The Kier molecular flexibility index (Phi) is 4.92. The topological polar surface area (TPSA) is 66.4 Å². The van der Waals surface area contributed by atoms with Crippen molar-refractivity contribution in [3.8, 4) is 11.5 Å². The van der Waals surface area contributed by atoms with E-state index < -0.39 is 5.97 Å². The molecule has 1 heterocycles. The van der Waals surface area contributed by atoms with E-state index in [4.69, 9.17) is 19.0 Å². The zero-order chi connectivity index (χ0) is 17.0. The highest BCUT2D eigenvalue weighted by atomic mass is 16.7. The molecule has 1 fully saturated rings. The molecule has 3 rings (SSSR count). The van der Waals surface area contributed by atoms with Crippen molar-refractivity contribution < 1.29 is 23.8 Å². The fraction of sp³-hybridized carbons (Fsp3) is 0.556. The van der Waals surface area contributed by atoms with Crippen molar-refractivity contribution in [3.63, 3.8) is 0 Å². The third-order valence-electron chi connectivity index (χ3n) is 4.50. The molecule has 0 N–H and O–H groups in total. The Morgan fingerprint density at radius 3 is 2.79 bits per heavy atom. The first kappa shape index (κ1) is 16.6. The van der Waals surface area contributed by atoms with Gasteiger partial charge >= 0.3 is 5.97 Å². The van der Waals surface area contributed by atoms with Gasteiger partial charge in [0.05, 0.1) is 19.4 Å². The number of hydrogen-bond acceptors (Lipinski definition) is 6. The normalized spacial score (nSPS) is 18.2. The highest BCUT2D eigenvalue weighted by molar-refractivity contribution is 6.02. The Labute approximate surface area is 141 Å². The van der Waals surface area contributed by atoms with Crippen LogP contribution in [-0.2, 0) is 14.4 Å². The first-order chi connectivity index (χ1) is 11.7. The standard InChI is InChI=1S/C18H23NO5/c1-3-22-17(20)12-23-16-10-13(6-7-15(16)21-2)14-11-18(24-19-14)8-4-5-9-18/h6-7,10H,3-5,8-9,11-12H2,1-2H3. The summed E-state index contributed by atoms with van der Waals surface area (Å²) in [6.07, 6.45) is 5.32. The molecule has 1 aromatic carbocycles. The van der Waals surface area contributed by atoms with Gasteiger partial charge in [0.25, 0.3) is 0 Å². The first-order valence-electron chi connectivity index (χ1n) is 8.38. The second-order valence-electron chi connectivity index (χ2n) is 6.16. The van der Waals surface area contributed by atoms with Gasteiger partial charge in [0, 0.05) is 12.0 Å². The van der Waals surface area contributed by atoms with Crippen molar-refractivity contribution in [2.24, 2.45) is 5.16 Å². The molecule has 0 bridgehead atoms. The number of carbonyl (C=O) groups is 1. The molecule has 1 aliphatic heterocycles. The van der Waals surface area contributed by atoms with Gasteiger partial charge < -0.3 is 19.0 Å². The number of hydrogen-bond donors (Lipinski definition) is 0. The highest BCUT2D eigenvalue weighted by Crippen LogP contribution is 2.41. The van der Waals surface area contributed by atoms with Crippen LogP contribution in [0.1, 0.15) is 44.6 Å². The van der Waals surface area contributed by atoms with Gasteiger partial charge in [0.2, 0.25) is 0 Å². The minimum atomic E-state index is -0.406. The number of methoxy groups -OCH3 is 1. The lowest BCUT2D eigenvalue weighted by molar-refractivity contribution is -0.145. The molecular weight excluding hydrogens is 310 g/mol. The molecule has 0 amide bonds. The lowest BCUT2D eigenvalue weighted by atomic mass is 9.93. The van der Waals surface area contributed by atoms with Gasteiger partial charge in [0.15, 0.2) is 18.1 Å². The van der Waals surface area contributed by atoms with Crippen LogP contribution in [0.3, 0.4) is 0 Å². The number of ether oxygens (including phenoxy) is 3. The Hall–Kier alpha value is -2.24. The van der Waals surface area contributed by atoms with Crippen LogP contribution in [0.15, 0.2) is 23.4 Å². The second kappa shape index (κ2) is 7.11. The molecule has 0 saturated heterocycles. The zero-order valence-electron chi connectivity index (χ0n) is 14.2. The lowest BCUT2D eigenvalue weighted by Gasteiger charge is -2.19. The van der Waals surface area contributed by atoms with Crippen LogP contribution < -0.4 is 9.47 Å². The molecule has 0 radical (unpaired) electrons. The molecule has 0 aromatic heterocycles. The average Bonchev–Trinajstić information content (AvgIpc) is 3.23. The summed E-state index contributed by atoms with van der Waals surface area (Å²) in [4.78, 5) is 17.2. The maximum atomic E-state index is 11.5. The maximum Gasteiger partial charge on any atom is 0.344 e. The Balaban J connectivity index is 1.73. The zero-order valence-corrected chi connectivity index (χ0v) is 14.2. The van der Waals surface area contributed by atoms with Gasteiger partial charge in [-0.05, 0) is 50.8 Å². The summed E-state index contributed by atoms with van der Waals surface area (Å²) < 4.78 is 15.7. The van der Waals surface area contributed by atoms with E-state index >= 15 is 0 Å². The summed E-state index contributed by atoms with van der Waals surface area (Å²) in [5.41, 5.74) is 1.74. The van der Waals surface area contributed by atoms with E-state index in [0.717, 1.165) is 30.5 Å². The van der Waals surface area contributed by atoms with Crippen molar-refractivity contribution in [1.82, 2.24) is 0 Å². The summed E-state index contributed by atoms with van der Waals surface area (Å²) in [6.45, 7) is 1.94. The van der Waals surface area contributed by atoms with Crippen LogP contribution >= 0.6 is 0 Å². The van der Waals surface area contributed by atoms with Gasteiger partial charge in [-0.15, -0.1) is 0 Å². The number of rotatable bonds is 6. The second-order valence-corrected chi connectivity index (χ2v) is 6.16. The van der Waals surface area contributed by atoms with Crippen molar-refractivity contribution in [2.75, 3.05) is 20.3 Å². The first-order valence-corrected chi connectivity index (χ1v) is 8.38. The van der Waals surface area contributed by atoms with Crippen molar-refractivity contribution in [1.29, 1.82) is 0 Å². The van der Waals surface area contributed by atoms with Gasteiger partial charge in [-0.1, -0.05) is 5.16 Å². The maximum absolute atomic E-state index is 11.5. The summed E-state index contributed by atoms with van der Waals surface area (Å²) in [5.74, 6) is 0.660. The molecule has 0 atom stereocenters. The quantitative estimate of drug-likeness (QED) is 0.749. The van der Waals surface area contributed by atoms with E-state index in [0.29, 0.717) is 18.1 Å². The predicted molar refractivity (Wildman–Crippen MR) is 88.6 cm³/mol. The molecule has 1 aromatic rings. The smallest absolute Gasteiger partial charge is 0.344 e. The van der Waals surface area contributed by atoms with Gasteiger partial charge in [-0.2, -0.15) is 0 Å². The van der Waals surface area contributed by atoms with Crippen molar-refractivity contribution in [3.05, 3.63) is 23.8 Å². The SMILES string of the molecule is CCOC(=O)COc1cc(C2=NOC3(CCCC3)C2)ccc1OC. The third kappa shape index (κ3) is 3.47. The number of oxime groups is 1. The van der Waals surface area contributed by atoms with Crippen LogP contribution in [-0.4, -0.2) is 37.6 Å². The lowest BCUT2D eigenvalue weighted by Crippen LogP contribution is -2.24. The van der Waals surface area contributed by atoms with E-state index in [1.54, 1.807) is 14.0 Å². The average molecular weight is 333 g/mol. The number of nitrogens with zero attached hydrogens (tertiary/aromatic N) is 1. The van der Waals surface area contributed by atoms with Crippen LogP contribution in [0.25, 0.3) is 0 Å². The molecule has 1 aliphatic carbocycles. The van der Waals surface area contributed by atoms with Crippen LogP contribution in [0, 0.1) is 0 Å². The monoisotopic (exact) mass is 333 g/mol. The Bertz CT molecular complexity index is 634. The Morgan fingerprint density at radius 1 is 1.29 bits per heavy atom. The van der Waals surface area contributed by atoms with Crippen LogP contribution in [0.4, 0.5) is 0 Å². The largest absolute Gasteiger partial charge is 0.493 e. The summed E-state index contributed by atoms with van der Waals surface area (Å²) in [6, 6.07) is 5.60. The summed E-state index contributed by atoms with van der Waals surface area (Å²) in [7, 11) is 1.57. The molecule has 0 unspecified atom stereocenters. The summed E-state index contributed by atoms with van der Waals surface area (Å²) in [5, 5.41) is 4.29. The molecule has 130 valence electrons. The van der Waals surface area contributed by atoms with E-state index in [2.05, 4.69) is 5.16 Å². The van der Waals surface area contributed by atoms with Crippen LogP contribution in [0.5, 0.6) is 11.5 Å². The van der Waals surface area contributed by atoms with Crippen LogP contribution in [0.2, 0.25) is 0 Å². The van der Waals surface area contributed by atoms with E-state index in [9.17, 15) is 4.79 Å². The predicted octanol–water partition coefficient (Wildman–Crippen LogP) is 3.07. The number of carbonyl (C=O) groups excluding carboxylic acids is 1. The van der Waals surface area contributed by atoms with E-state index in [1.807, 2.05) is 18.2 Å². The van der Waals surface area contributed by atoms with Gasteiger partial charge in [-0.25, -0.2) is 4.79 Å². The minimum Gasteiger partial charge on any atom is -0.493 e. The Morgan fingerprint density at radius 2 is 2.08 bits per heavy atom. The van der Waals surface area contributed by atoms with E-state index in [-0.39, 0.29) is 12.2 Å². The fourth-order valence-corrected chi connectivity index (χ4v) is 3.27. The minimum absolute atomic E-state index is 0.110. The highest BCUT2D eigenvalue weighted by Gasteiger charge is 2.42. The van der Waals surface area contributed by atoms with Gasteiger partial charge in [-0.3, -0.25) is 0 Å². The number of benzene rings is 1. The summed E-state index contributed by atoms with van der Waals surface area (Å²) >= 11 is 0.